The minimum atomic E-state index is -4.25. The van der Waals surface area contributed by atoms with E-state index < -0.39 is 26.6 Å². The monoisotopic (exact) mass is 367 g/mol. The third-order valence-electron chi connectivity index (χ3n) is 4.05. The summed E-state index contributed by atoms with van der Waals surface area (Å²) in [7, 11) is -1.07. The molecule has 3 rings (SSSR count). The van der Waals surface area contributed by atoms with E-state index in [2.05, 4.69) is 4.72 Å². The molecule has 0 amide bonds. The summed E-state index contributed by atoms with van der Waals surface area (Å²) in [5.41, 5.74) is 1.67. The number of nitrogens with zero attached hydrogens (tertiary/aromatic N) is 2. The smallest absolute Gasteiger partial charge is 0.295 e. The highest BCUT2D eigenvalue weighted by molar-refractivity contribution is 7.92. The van der Waals surface area contributed by atoms with Gasteiger partial charge in [-0.25, -0.2) is 22.0 Å². The Morgan fingerprint density at radius 2 is 1.60 bits per heavy atom. The second-order valence-electron chi connectivity index (χ2n) is 5.74. The van der Waals surface area contributed by atoms with Crippen molar-refractivity contribution in [3.63, 3.8) is 0 Å². The highest BCUT2D eigenvalue weighted by Gasteiger charge is 2.21. The van der Waals surface area contributed by atoms with Crippen molar-refractivity contribution < 1.29 is 17.2 Å². The molecule has 1 N–H and O–H groups in total. The Kier molecular flexibility index (Phi) is 3.91. The Hall–Kier alpha value is -2.68. The molecular formula is C16H15F2N3O3S. The molecule has 1 aromatic heterocycles. The number of hydrogen-bond donors (Lipinski definition) is 1. The van der Waals surface area contributed by atoms with E-state index in [1.807, 2.05) is 0 Å². The molecule has 0 spiro atoms. The van der Waals surface area contributed by atoms with Gasteiger partial charge in [0, 0.05) is 20.2 Å². The molecule has 0 unspecified atom stereocenters. The summed E-state index contributed by atoms with van der Waals surface area (Å²) < 4.78 is 56.8. The molecule has 9 heteroatoms. The number of aryl methyl sites for hydroxylation is 3. The Labute approximate surface area is 142 Å². The van der Waals surface area contributed by atoms with Crippen molar-refractivity contribution in [3.8, 4) is 0 Å². The molecule has 0 aliphatic heterocycles. The maximum absolute atomic E-state index is 13.8. The van der Waals surface area contributed by atoms with Gasteiger partial charge in [0.15, 0.2) is 0 Å². The molecule has 0 saturated heterocycles. The third-order valence-corrected chi connectivity index (χ3v) is 5.44. The lowest BCUT2D eigenvalue weighted by Gasteiger charge is -2.12. The fourth-order valence-corrected chi connectivity index (χ4v) is 3.83. The van der Waals surface area contributed by atoms with Crippen molar-refractivity contribution in [2.45, 2.75) is 11.8 Å². The molecule has 132 valence electrons. The third kappa shape index (κ3) is 2.80. The quantitative estimate of drug-likeness (QED) is 0.772. The first-order valence-electron chi connectivity index (χ1n) is 7.26. The van der Waals surface area contributed by atoms with E-state index in [0.29, 0.717) is 22.7 Å². The molecule has 0 aliphatic rings. The zero-order valence-electron chi connectivity index (χ0n) is 13.7. The van der Waals surface area contributed by atoms with Crippen molar-refractivity contribution in [2.75, 3.05) is 4.72 Å². The first kappa shape index (κ1) is 17.2. The minimum absolute atomic E-state index is 0.206. The second-order valence-corrected chi connectivity index (χ2v) is 7.39. The normalized spacial score (nSPS) is 11.9. The number of anilines is 1. The largest absolute Gasteiger partial charge is 0.328 e. The van der Waals surface area contributed by atoms with E-state index >= 15 is 0 Å². The van der Waals surface area contributed by atoms with Gasteiger partial charge in [0.05, 0.1) is 16.7 Å². The minimum Gasteiger partial charge on any atom is -0.295 e. The number of hydrogen-bond acceptors (Lipinski definition) is 3. The van der Waals surface area contributed by atoms with Crippen LogP contribution in [0.5, 0.6) is 0 Å². The summed E-state index contributed by atoms with van der Waals surface area (Å²) in [5, 5.41) is 0. The Morgan fingerprint density at radius 1 is 1.00 bits per heavy atom. The van der Waals surface area contributed by atoms with Crippen LogP contribution in [0.3, 0.4) is 0 Å². The van der Waals surface area contributed by atoms with Crippen LogP contribution in [-0.4, -0.2) is 17.6 Å². The first-order chi connectivity index (χ1) is 11.6. The van der Waals surface area contributed by atoms with Crippen LogP contribution in [0, 0.1) is 18.6 Å². The number of imidazole rings is 1. The topological polar surface area (TPSA) is 73.1 Å². The average molecular weight is 367 g/mol. The van der Waals surface area contributed by atoms with Crippen LogP contribution in [0.1, 0.15) is 5.56 Å². The molecule has 3 aromatic rings. The lowest BCUT2D eigenvalue weighted by atomic mass is 10.2. The lowest BCUT2D eigenvalue weighted by Crippen LogP contribution is -2.19. The van der Waals surface area contributed by atoms with Gasteiger partial charge in [-0.1, -0.05) is 0 Å². The van der Waals surface area contributed by atoms with Crippen molar-refractivity contribution in [1.29, 1.82) is 0 Å². The fraction of sp³-hybridized carbons (Fsp3) is 0.188. The summed E-state index contributed by atoms with van der Waals surface area (Å²) >= 11 is 0. The lowest BCUT2D eigenvalue weighted by molar-refractivity contribution is 0.551. The standard InChI is InChI=1S/C16H15F2N3O3S/c1-9-6-13-14(21(3)16(22)20(13)2)8-12(9)19-25(23,24)15-5-4-10(17)7-11(15)18/h4-8,19H,1-3H3. The molecule has 0 bridgehead atoms. The van der Waals surface area contributed by atoms with Gasteiger partial charge in [-0.2, -0.15) is 0 Å². The predicted molar refractivity (Wildman–Crippen MR) is 90.1 cm³/mol. The van der Waals surface area contributed by atoms with Gasteiger partial charge >= 0.3 is 5.69 Å². The number of nitrogens with one attached hydrogen (secondary N) is 1. The summed E-state index contributed by atoms with van der Waals surface area (Å²) in [5.74, 6) is -2.05. The highest BCUT2D eigenvalue weighted by Crippen LogP contribution is 2.26. The van der Waals surface area contributed by atoms with Crippen LogP contribution in [0.2, 0.25) is 0 Å². The Bertz CT molecular complexity index is 1160. The molecular weight excluding hydrogens is 352 g/mol. The molecule has 2 aromatic carbocycles. The van der Waals surface area contributed by atoms with Crippen molar-refractivity contribution in [3.05, 3.63) is 58.0 Å². The van der Waals surface area contributed by atoms with Crippen LogP contribution in [0.25, 0.3) is 11.0 Å². The summed E-state index contributed by atoms with van der Waals surface area (Å²) in [4.78, 5) is 11.3. The number of halogens is 2. The van der Waals surface area contributed by atoms with E-state index in [1.165, 1.54) is 15.2 Å². The molecule has 0 fully saturated rings. The molecule has 25 heavy (non-hydrogen) atoms. The molecule has 0 radical (unpaired) electrons. The van der Waals surface area contributed by atoms with E-state index in [4.69, 9.17) is 0 Å². The molecule has 6 nitrogen and oxygen atoms in total. The van der Waals surface area contributed by atoms with Crippen LogP contribution >= 0.6 is 0 Å². The molecule has 1 heterocycles. The SMILES string of the molecule is Cc1cc2c(cc1NS(=O)(=O)c1ccc(F)cc1F)n(C)c(=O)n2C. The number of rotatable bonds is 3. The van der Waals surface area contributed by atoms with Crippen molar-refractivity contribution in [2.24, 2.45) is 14.1 Å². The zero-order chi connectivity index (χ0) is 18.5. The maximum atomic E-state index is 13.8. The van der Waals surface area contributed by atoms with Crippen LogP contribution in [0.4, 0.5) is 14.5 Å². The first-order valence-corrected chi connectivity index (χ1v) is 8.74. The van der Waals surface area contributed by atoms with E-state index in [-0.39, 0.29) is 11.4 Å². The number of benzene rings is 2. The van der Waals surface area contributed by atoms with Gasteiger partial charge in [-0.15, -0.1) is 0 Å². The van der Waals surface area contributed by atoms with E-state index in [0.717, 1.165) is 12.1 Å². The van der Waals surface area contributed by atoms with E-state index in [9.17, 15) is 22.0 Å². The number of fused-ring (bicyclic) bond motifs is 1. The van der Waals surface area contributed by atoms with Gasteiger partial charge in [0.1, 0.15) is 16.5 Å². The maximum Gasteiger partial charge on any atom is 0.328 e. The van der Waals surface area contributed by atoms with Gasteiger partial charge in [-0.05, 0) is 36.8 Å². The highest BCUT2D eigenvalue weighted by atomic mass is 32.2. The van der Waals surface area contributed by atoms with Gasteiger partial charge in [-0.3, -0.25) is 13.9 Å². The number of sulfonamides is 1. The summed E-state index contributed by atoms with van der Waals surface area (Å²) in [6, 6.07) is 5.40. The van der Waals surface area contributed by atoms with Crippen LogP contribution < -0.4 is 10.4 Å². The Balaban J connectivity index is 2.12. The fourth-order valence-electron chi connectivity index (χ4n) is 2.65. The summed E-state index contributed by atoms with van der Waals surface area (Å²) in [6.07, 6.45) is 0. The summed E-state index contributed by atoms with van der Waals surface area (Å²) in [6.45, 7) is 1.66. The number of aromatic nitrogens is 2. The molecule has 0 aliphatic carbocycles. The van der Waals surface area contributed by atoms with Gasteiger partial charge in [0.25, 0.3) is 10.0 Å². The van der Waals surface area contributed by atoms with Crippen molar-refractivity contribution >= 4 is 26.7 Å². The predicted octanol–water partition coefficient (Wildman–Crippen LogP) is 2.26. The van der Waals surface area contributed by atoms with Crippen LogP contribution in [-0.2, 0) is 24.1 Å². The van der Waals surface area contributed by atoms with Gasteiger partial charge < -0.3 is 0 Å². The second kappa shape index (κ2) is 5.69. The van der Waals surface area contributed by atoms with Crippen molar-refractivity contribution in [1.82, 2.24) is 9.13 Å². The van der Waals surface area contributed by atoms with Crippen LogP contribution in [0.15, 0.2) is 40.0 Å². The zero-order valence-corrected chi connectivity index (χ0v) is 14.5. The van der Waals surface area contributed by atoms with Gasteiger partial charge in [0.2, 0.25) is 0 Å². The Morgan fingerprint density at radius 3 is 2.20 bits per heavy atom. The molecule has 0 saturated carbocycles. The average Bonchev–Trinajstić information content (AvgIpc) is 2.72. The molecule has 0 atom stereocenters. The van der Waals surface area contributed by atoms with E-state index in [1.54, 1.807) is 27.1 Å².